The minimum atomic E-state index is -0.643. The van der Waals surface area contributed by atoms with Crippen molar-refractivity contribution >= 4 is 90.3 Å². The number of nitrogens with zero attached hydrogens (tertiary/aromatic N) is 2. The van der Waals surface area contributed by atoms with Gasteiger partial charge < -0.3 is 29.6 Å². The van der Waals surface area contributed by atoms with Crippen molar-refractivity contribution in [3.05, 3.63) is 44.1 Å². The first-order chi connectivity index (χ1) is 29.7. The van der Waals surface area contributed by atoms with Gasteiger partial charge in [0, 0.05) is 35.3 Å². The number of aliphatic imine (C=N–C) groups is 2. The zero-order chi connectivity index (χ0) is 44.2. The highest BCUT2D eigenvalue weighted by molar-refractivity contribution is 7.21. The highest BCUT2D eigenvalue weighted by Gasteiger charge is 2.32. The van der Waals surface area contributed by atoms with Crippen LogP contribution >= 0.6 is 34.0 Å². The van der Waals surface area contributed by atoms with Gasteiger partial charge in [-0.15, -0.1) is 11.3 Å². The molecule has 0 radical (unpaired) electrons. The Labute approximate surface area is 375 Å². The Kier molecular flexibility index (Phi) is 25.3. The van der Waals surface area contributed by atoms with E-state index in [9.17, 15) is 19.2 Å². The fourth-order valence-electron chi connectivity index (χ4n) is 6.52. The first-order valence-corrected chi connectivity index (χ1v) is 24.9. The van der Waals surface area contributed by atoms with Gasteiger partial charge in [0.05, 0.1) is 26.4 Å². The van der Waals surface area contributed by atoms with Crippen LogP contribution in [0, 0.1) is 0 Å². The number of anilines is 2. The van der Waals surface area contributed by atoms with Crippen LogP contribution in [0.5, 0.6) is 0 Å². The summed E-state index contributed by atoms with van der Waals surface area (Å²) in [5.41, 5.74) is 0.426. The molecule has 0 bridgehead atoms. The smallest absolute Gasteiger partial charge is 0.342 e. The first kappa shape index (κ1) is 51.3. The molecule has 0 aliphatic carbocycles. The van der Waals surface area contributed by atoms with Crippen LogP contribution in [-0.2, 0) is 18.9 Å². The van der Waals surface area contributed by atoms with Gasteiger partial charge in [-0.05, 0) is 52.7 Å². The summed E-state index contributed by atoms with van der Waals surface area (Å²) in [4.78, 5) is 64.1. The average Bonchev–Trinajstić information content (AvgIpc) is 3.96. The molecule has 3 aromatic heterocycles. The number of ether oxygens (including phenoxy) is 4. The van der Waals surface area contributed by atoms with E-state index in [0.29, 0.717) is 33.1 Å². The van der Waals surface area contributed by atoms with Crippen LogP contribution in [0.1, 0.15) is 195 Å². The van der Waals surface area contributed by atoms with Crippen molar-refractivity contribution in [2.75, 3.05) is 50.2 Å². The van der Waals surface area contributed by atoms with Gasteiger partial charge in [0.1, 0.15) is 42.3 Å². The Bertz CT molecular complexity index is 1720. The van der Waals surface area contributed by atoms with Crippen molar-refractivity contribution in [1.29, 1.82) is 0 Å². The minimum absolute atomic E-state index is 0.0757. The summed E-state index contributed by atoms with van der Waals surface area (Å²) in [7, 11) is 0. The van der Waals surface area contributed by atoms with Crippen molar-refractivity contribution in [3.63, 3.8) is 0 Å². The summed E-state index contributed by atoms with van der Waals surface area (Å²) in [6.07, 6.45) is 22.1. The molecule has 0 spiro atoms. The van der Waals surface area contributed by atoms with E-state index < -0.39 is 23.9 Å². The summed E-state index contributed by atoms with van der Waals surface area (Å²) < 4.78 is 21.6. The maximum absolute atomic E-state index is 13.3. The number of nitrogens with one attached hydrogen (secondary N) is 2. The monoisotopic (exact) mass is 900 g/mol. The molecule has 3 rings (SSSR count). The van der Waals surface area contributed by atoms with E-state index in [1.165, 1.54) is 98.2 Å². The van der Waals surface area contributed by atoms with E-state index in [1.807, 2.05) is 12.1 Å². The van der Waals surface area contributed by atoms with Gasteiger partial charge in [0.15, 0.2) is 0 Å². The molecule has 0 saturated heterocycles. The lowest BCUT2D eigenvalue weighted by Crippen LogP contribution is -2.14. The maximum atomic E-state index is 13.3. The predicted octanol–water partition coefficient (Wildman–Crippen LogP) is 13.2. The third-order valence-corrected chi connectivity index (χ3v) is 12.7. The molecule has 0 atom stereocenters. The Hall–Kier alpha value is -4.08. The largest absolute Gasteiger partial charge is 0.462 e. The molecule has 3 heterocycles. The third kappa shape index (κ3) is 17.3. The van der Waals surface area contributed by atoms with Crippen LogP contribution in [0.3, 0.4) is 0 Å². The molecule has 0 aliphatic rings. The second kappa shape index (κ2) is 30.0. The molecular weight excluding hydrogens is 833 g/mol. The lowest BCUT2D eigenvalue weighted by atomic mass is 10.1. The van der Waals surface area contributed by atoms with Gasteiger partial charge >= 0.3 is 23.9 Å². The zero-order valence-corrected chi connectivity index (χ0v) is 39.7. The molecule has 0 unspecified atom stereocenters. The number of thiophene rings is 3. The van der Waals surface area contributed by atoms with E-state index in [1.54, 1.807) is 40.1 Å². The predicted molar refractivity (Wildman–Crippen MR) is 253 cm³/mol. The number of carbonyl (C=O) groups excluding carboxylic acids is 4. The standard InChI is InChI=1S/C46H68N4O8S3/c1-7-13-15-17-19-21-23-25-29-47-39-35(43(51)55-9-3)37(45(53)57-11-5)41(60-39)49-31-33-27-28-34(59-33)32-50-42-38(46(54)58-12-6)36(44(52)56-10-4)40(61-42)48-30-26-24-22-20-18-16-14-8-2/h27-28,31-32,47-48H,7-26,29-30H2,1-6H3/b49-31+,50-32+. The second-order valence-electron chi connectivity index (χ2n) is 14.4. The van der Waals surface area contributed by atoms with Crippen LogP contribution in [-0.4, -0.2) is 75.8 Å². The van der Waals surface area contributed by atoms with Crippen molar-refractivity contribution in [2.24, 2.45) is 9.98 Å². The summed E-state index contributed by atoms with van der Waals surface area (Å²) in [6, 6.07) is 3.73. The van der Waals surface area contributed by atoms with E-state index in [-0.39, 0.29) is 48.7 Å². The van der Waals surface area contributed by atoms with Crippen molar-refractivity contribution in [2.45, 2.75) is 144 Å². The van der Waals surface area contributed by atoms with E-state index >= 15 is 0 Å². The molecule has 0 aliphatic heterocycles. The molecule has 0 amide bonds. The Balaban J connectivity index is 1.85. The highest BCUT2D eigenvalue weighted by atomic mass is 32.1. The van der Waals surface area contributed by atoms with Crippen molar-refractivity contribution in [3.8, 4) is 0 Å². The molecular formula is C46H68N4O8S3. The van der Waals surface area contributed by atoms with Gasteiger partial charge in [-0.2, -0.15) is 0 Å². The van der Waals surface area contributed by atoms with Gasteiger partial charge in [0.2, 0.25) is 0 Å². The number of carbonyl (C=O) groups is 4. The molecule has 0 fully saturated rings. The molecule has 0 saturated carbocycles. The lowest BCUT2D eigenvalue weighted by molar-refractivity contribution is 0.0481. The Morgan fingerprint density at radius 2 is 0.770 bits per heavy atom. The van der Waals surface area contributed by atoms with E-state index in [2.05, 4.69) is 24.5 Å². The molecule has 0 aromatic carbocycles. The quantitative estimate of drug-likeness (QED) is 0.0268. The van der Waals surface area contributed by atoms with Gasteiger partial charge in [-0.25, -0.2) is 29.2 Å². The Morgan fingerprint density at radius 3 is 1.10 bits per heavy atom. The third-order valence-electron chi connectivity index (χ3n) is 9.59. The number of hydrogen-bond acceptors (Lipinski definition) is 15. The van der Waals surface area contributed by atoms with Gasteiger partial charge in [-0.3, -0.25) is 0 Å². The second-order valence-corrected chi connectivity index (χ2v) is 17.6. The van der Waals surface area contributed by atoms with E-state index in [4.69, 9.17) is 28.9 Å². The van der Waals surface area contributed by atoms with Crippen molar-refractivity contribution in [1.82, 2.24) is 0 Å². The fraction of sp³-hybridized carbons (Fsp3) is 0.609. The highest BCUT2D eigenvalue weighted by Crippen LogP contribution is 2.42. The molecule has 2 N–H and O–H groups in total. The molecule has 61 heavy (non-hydrogen) atoms. The number of unbranched alkanes of at least 4 members (excludes halogenated alkanes) is 14. The average molecular weight is 901 g/mol. The van der Waals surface area contributed by atoms with Crippen LogP contribution < -0.4 is 10.6 Å². The van der Waals surface area contributed by atoms with Crippen molar-refractivity contribution < 1.29 is 38.1 Å². The summed E-state index contributed by atoms with van der Waals surface area (Å²) in [5.74, 6) is -2.50. The Morgan fingerprint density at radius 1 is 0.459 bits per heavy atom. The summed E-state index contributed by atoms with van der Waals surface area (Å²) in [5, 5.41) is 8.47. The van der Waals surface area contributed by atoms with Crippen LogP contribution in [0.2, 0.25) is 0 Å². The number of hydrogen-bond donors (Lipinski definition) is 2. The topological polar surface area (TPSA) is 154 Å². The van der Waals surface area contributed by atoms with Crippen LogP contribution in [0.25, 0.3) is 0 Å². The lowest BCUT2D eigenvalue weighted by Gasteiger charge is -2.09. The minimum Gasteiger partial charge on any atom is -0.462 e. The first-order valence-electron chi connectivity index (χ1n) is 22.4. The summed E-state index contributed by atoms with van der Waals surface area (Å²) in [6.45, 7) is 13.2. The number of esters is 4. The van der Waals surface area contributed by atoms with Gasteiger partial charge in [0.25, 0.3) is 0 Å². The molecule has 15 heteroatoms. The van der Waals surface area contributed by atoms with Crippen LogP contribution in [0.15, 0.2) is 22.1 Å². The summed E-state index contributed by atoms with van der Waals surface area (Å²) >= 11 is 3.82. The molecule has 3 aromatic rings. The fourth-order valence-corrected chi connectivity index (χ4v) is 9.37. The van der Waals surface area contributed by atoms with E-state index in [0.717, 1.165) is 48.3 Å². The van der Waals surface area contributed by atoms with Gasteiger partial charge in [-0.1, -0.05) is 126 Å². The normalized spacial score (nSPS) is 11.4. The maximum Gasteiger partial charge on any atom is 0.342 e. The number of rotatable bonds is 32. The molecule has 12 nitrogen and oxygen atoms in total. The molecule has 338 valence electrons. The SMILES string of the molecule is CCCCCCCCCCNc1sc(/N=C/c2ccc(/C=N/c3sc(NCCCCCCCCCC)c(C(=O)OCC)c3C(=O)OCC)s2)c(C(=O)OCC)c1C(=O)OCC. The zero-order valence-electron chi connectivity index (χ0n) is 37.3. The van der Waals surface area contributed by atoms with Crippen LogP contribution in [0.4, 0.5) is 20.0 Å².